The topological polar surface area (TPSA) is 69.5 Å². The summed E-state index contributed by atoms with van der Waals surface area (Å²) >= 11 is 0. The van der Waals surface area contributed by atoms with Gasteiger partial charge in [0.15, 0.2) is 6.29 Å². The fourth-order valence-corrected chi connectivity index (χ4v) is 4.14. The summed E-state index contributed by atoms with van der Waals surface area (Å²) in [5.74, 6) is -0.251. The summed E-state index contributed by atoms with van der Waals surface area (Å²) in [7, 11) is 1.59. The van der Waals surface area contributed by atoms with Crippen molar-refractivity contribution in [1.29, 1.82) is 0 Å². The number of rotatable bonds is 8. The molecule has 4 rings (SSSR count). The molecule has 6 nitrogen and oxygen atoms in total. The Labute approximate surface area is 164 Å². The quantitative estimate of drug-likeness (QED) is 0.559. The standard InChI is InChI=1S/C22H25NO5/c1-25-21-19-18(23-24)12-22(28-21,15-26-13-16-8-4-2-5-9-16)20(19)27-14-17-10-6-3-7-11-17/h2-11,19-21,24H,12-15H2,1H3/b23-18+/t19-,20+,21-,22-/m1/s1. The predicted molar refractivity (Wildman–Crippen MR) is 103 cm³/mol. The zero-order valence-corrected chi connectivity index (χ0v) is 15.9. The van der Waals surface area contributed by atoms with E-state index in [0.717, 1.165) is 11.1 Å². The number of methoxy groups -OCH3 is 1. The molecule has 1 heterocycles. The molecular formula is C22H25NO5. The number of oxime groups is 1. The fraction of sp³-hybridized carbons (Fsp3) is 0.409. The molecule has 2 bridgehead atoms. The second-order valence-electron chi connectivity index (χ2n) is 7.28. The van der Waals surface area contributed by atoms with Crippen LogP contribution in [0.1, 0.15) is 17.5 Å². The summed E-state index contributed by atoms with van der Waals surface area (Å²) in [6.07, 6.45) is -0.359. The zero-order chi connectivity index (χ0) is 19.4. The van der Waals surface area contributed by atoms with Gasteiger partial charge in [-0.05, 0) is 11.1 Å². The van der Waals surface area contributed by atoms with E-state index in [2.05, 4.69) is 5.16 Å². The number of fused-ring (bicyclic) bond motifs is 2. The van der Waals surface area contributed by atoms with Crippen molar-refractivity contribution in [2.45, 2.75) is 37.6 Å². The van der Waals surface area contributed by atoms with E-state index in [1.54, 1.807) is 7.11 Å². The van der Waals surface area contributed by atoms with Crippen LogP contribution in [0.5, 0.6) is 0 Å². The molecule has 2 fully saturated rings. The van der Waals surface area contributed by atoms with Gasteiger partial charge in [-0.3, -0.25) is 0 Å². The first-order valence-corrected chi connectivity index (χ1v) is 9.44. The summed E-state index contributed by atoms with van der Waals surface area (Å²) < 4.78 is 24.0. The highest BCUT2D eigenvalue weighted by molar-refractivity contribution is 5.92. The Bertz CT molecular complexity index is 797. The van der Waals surface area contributed by atoms with Crippen molar-refractivity contribution in [3.63, 3.8) is 0 Å². The van der Waals surface area contributed by atoms with Gasteiger partial charge in [-0.25, -0.2) is 0 Å². The molecule has 148 valence electrons. The Hall–Kier alpha value is -2.25. The molecule has 2 aliphatic rings. The molecule has 0 radical (unpaired) electrons. The van der Waals surface area contributed by atoms with Crippen molar-refractivity contribution in [2.75, 3.05) is 13.7 Å². The number of nitrogens with zero attached hydrogens (tertiary/aromatic N) is 1. The van der Waals surface area contributed by atoms with Gasteiger partial charge >= 0.3 is 0 Å². The van der Waals surface area contributed by atoms with Gasteiger partial charge in [0.05, 0.1) is 31.5 Å². The van der Waals surface area contributed by atoms with E-state index in [9.17, 15) is 5.21 Å². The lowest BCUT2D eigenvalue weighted by Crippen LogP contribution is -2.44. The smallest absolute Gasteiger partial charge is 0.168 e. The lowest BCUT2D eigenvalue weighted by molar-refractivity contribution is -0.195. The lowest BCUT2D eigenvalue weighted by atomic mass is 10.00. The molecule has 2 aromatic rings. The first kappa shape index (κ1) is 19.1. The minimum Gasteiger partial charge on any atom is -0.411 e. The molecule has 1 aliphatic heterocycles. The van der Waals surface area contributed by atoms with Crippen molar-refractivity contribution in [2.24, 2.45) is 11.1 Å². The molecule has 6 heteroatoms. The van der Waals surface area contributed by atoms with E-state index in [1.165, 1.54) is 0 Å². The Morgan fingerprint density at radius 1 is 1.04 bits per heavy atom. The maximum Gasteiger partial charge on any atom is 0.168 e. The molecular weight excluding hydrogens is 358 g/mol. The molecule has 0 amide bonds. The van der Waals surface area contributed by atoms with Gasteiger partial charge in [-0.1, -0.05) is 65.8 Å². The summed E-state index contributed by atoms with van der Waals surface area (Å²) in [5, 5.41) is 13.0. The van der Waals surface area contributed by atoms with Crippen LogP contribution in [0.4, 0.5) is 0 Å². The van der Waals surface area contributed by atoms with Gasteiger partial charge in [0, 0.05) is 13.5 Å². The second kappa shape index (κ2) is 8.41. The number of hydrogen-bond donors (Lipinski definition) is 1. The third-order valence-electron chi connectivity index (χ3n) is 5.44. The van der Waals surface area contributed by atoms with Crippen LogP contribution in [0.2, 0.25) is 0 Å². The van der Waals surface area contributed by atoms with Crippen molar-refractivity contribution in [3.05, 3.63) is 71.8 Å². The van der Waals surface area contributed by atoms with E-state index in [4.69, 9.17) is 18.9 Å². The molecule has 0 spiro atoms. The third kappa shape index (κ3) is 3.69. The first-order chi connectivity index (χ1) is 13.8. The van der Waals surface area contributed by atoms with Gasteiger partial charge in [-0.15, -0.1) is 0 Å². The third-order valence-corrected chi connectivity index (χ3v) is 5.44. The zero-order valence-electron chi connectivity index (χ0n) is 15.9. The normalized spacial score (nSPS) is 30.2. The second-order valence-corrected chi connectivity index (χ2v) is 7.28. The maximum absolute atomic E-state index is 9.50. The summed E-state index contributed by atoms with van der Waals surface area (Å²) in [4.78, 5) is 0. The number of ether oxygens (including phenoxy) is 4. The molecule has 2 aromatic carbocycles. The van der Waals surface area contributed by atoms with Crippen molar-refractivity contribution < 1.29 is 24.2 Å². The Morgan fingerprint density at radius 2 is 1.68 bits per heavy atom. The van der Waals surface area contributed by atoms with Crippen molar-refractivity contribution in [3.8, 4) is 0 Å². The summed E-state index contributed by atoms with van der Waals surface area (Å²) in [5.41, 5.74) is 2.08. The van der Waals surface area contributed by atoms with Crippen LogP contribution in [-0.4, -0.2) is 42.6 Å². The Morgan fingerprint density at radius 3 is 2.29 bits per heavy atom. The molecule has 28 heavy (non-hydrogen) atoms. The van der Waals surface area contributed by atoms with Gasteiger partial charge in [0.2, 0.25) is 0 Å². The SMILES string of the molecule is CO[C@@H]1O[C@@]2(COCc3ccccc3)C/C(=N\O)[C@@H]1[C@@H]2OCc1ccccc1. The summed E-state index contributed by atoms with van der Waals surface area (Å²) in [6.45, 7) is 1.25. The van der Waals surface area contributed by atoms with Crippen molar-refractivity contribution in [1.82, 2.24) is 0 Å². The van der Waals surface area contributed by atoms with Gasteiger partial charge < -0.3 is 24.2 Å². The molecule has 0 unspecified atom stereocenters. The van der Waals surface area contributed by atoms with E-state index < -0.39 is 11.9 Å². The molecule has 1 N–H and O–H groups in total. The van der Waals surface area contributed by atoms with Crippen LogP contribution in [-0.2, 0) is 32.2 Å². The van der Waals surface area contributed by atoms with E-state index >= 15 is 0 Å². The van der Waals surface area contributed by atoms with Gasteiger partial charge in [-0.2, -0.15) is 0 Å². The minimum atomic E-state index is -0.726. The largest absolute Gasteiger partial charge is 0.411 e. The average molecular weight is 383 g/mol. The lowest BCUT2D eigenvalue weighted by Gasteiger charge is -2.31. The predicted octanol–water partition coefficient (Wildman–Crippen LogP) is 3.38. The van der Waals surface area contributed by atoms with E-state index in [1.807, 2.05) is 60.7 Å². The molecule has 1 saturated carbocycles. The van der Waals surface area contributed by atoms with Gasteiger partial charge in [0.25, 0.3) is 0 Å². The minimum absolute atomic E-state index is 0.251. The van der Waals surface area contributed by atoms with E-state index in [-0.39, 0.29) is 12.0 Å². The Balaban J connectivity index is 1.49. The van der Waals surface area contributed by atoms with Crippen molar-refractivity contribution >= 4 is 5.71 Å². The number of hydrogen-bond acceptors (Lipinski definition) is 6. The fourth-order valence-electron chi connectivity index (χ4n) is 4.14. The molecule has 1 saturated heterocycles. The van der Waals surface area contributed by atoms with Crippen LogP contribution in [0.25, 0.3) is 0 Å². The Kier molecular flexibility index (Phi) is 5.73. The van der Waals surface area contributed by atoms with Crippen LogP contribution in [0, 0.1) is 5.92 Å². The molecule has 0 aromatic heterocycles. The highest BCUT2D eigenvalue weighted by atomic mass is 16.7. The summed E-state index contributed by atoms with van der Waals surface area (Å²) in [6, 6.07) is 20.0. The van der Waals surface area contributed by atoms with Crippen LogP contribution in [0.3, 0.4) is 0 Å². The molecule has 1 aliphatic carbocycles. The molecule has 4 atom stereocenters. The van der Waals surface area contributed by atoms with E-state index in [0.29, 0.717) is 32.0 Å². The number of benzene rings is 2. The van der Waals surface area contributed by atoms with Gasteiger partial charge in [0.1, 0.15) is 11.7 Å². The highest BCUT2D eigenvalue weighted by Gasteiger charge is 2.64. The van der Waals surface area contributed by atoms with Crippen LogP contribution >= 0.6 is 0 Å². The monoisotopic (exact) mass is 383 g/mol. The maximum atomic E-state index is 9.50. The first-order valence-electron chi connectivity index (χ1n) is 9.44. The highest BCUT2D eigenvalue weighted by Crippen LogP contribution is 2.49. The van der Waals surface area contributed by atoms with Crippen LogP contribution in [0.15, 0.2) is 65.8 Å². The van der Waals surface area contributed by atoms with Crippen LogP contribution < -0.4 is 0 Å². The average Bonchev–Trinajstić information content (AvgIpc) is 3.22.